The van der Waals surface area contributed by atoms with Gasteiger partial charge in [-0.25, -0.2) is 12.8 Å². The van der Waals surface area contributed by atoms with Gasteiger partial charge in [-0.2, -0.15) is 4.98 Å². The average Bonchev–Trinajstić information content (AvgIpc) is 3.89. The van der Waals surface area contributed by atoms with Gasteiger partial charge in [-0.1, -0.05) is 61.4 Å². The van der Waals surface area contributed by atoms with Crippen molar-refractivity contribution in [2.75, 3.05) is 6.54 Å². The summed E-state index contributed by atoms with van der Waals surface area (Å²) in [7, 11) is -3.92. The predicted octanol–water partition coefficient (Wildman–Crippen LogP) is 6.48. The number of aromatic nitrogens is 1. The van der Waals surface area contributed by atoms with Crippen LogP contribution >= 0.6 is 0 Å². The van der Waals surface area contributed by atoms with Crippen LogP contribution in [0.15, 0.2) is 71.4 Å². The average molecular weight is 732 g/mol. The van der Waals surface area contributed by atoms with E-state index >= 15 is 0 Å². The number of fused-ring (bicyclic) bond motifs is 2. The van der Waals surface area contributed by atoms with Crippen LogP contribution in [0.4, 0.5) is 4.39 Å². The molecule has 1 N–H and O–H groups in total. The molecule has 1 aromatic heterocycles. The number of nitrogens with one attached hydrogen (secondary N) is 1. The molecule has 12 heteroatoms. The van der Waals surface area contributed by atoms with Crippen LogP contribution in [-0.4, -0.2) is 59.3 Å². The molecule has 0 unspecified atom stereocenters. The van der Waals surface area contributed by atoms with Crippen molar-refractivity contribution < 1.29 is 36.3 Å². The first-order chi connectivity index (χ1) is 24.9. The van der Waals surface area contributed by atoms with Gasteiger partial charge in [0.05, 0.1) is 22.7 Å². The summed E-state index contributed by atoms with van der Waals surface area (Å²) in [6, 6.07) is 13.3. The Balaban J connectivity index is 1.18. The van der Waals surface area contributed by atoms with Crippen LogP contribution in [0.3, 0.4) is 0 Å². The number of halogens is 1. The van der Waals surface area contributed by atoms with E-state index in [-0.39, 0.29) is 48.9 Å². The van der Waals surface area contributed by atoms with Crippen LogP contribution in [0.1, 0.15) is 82.3 Å². The lowest BCUT2D eigenvalue weighted by molar-refractivity contribution is -0.142. The number of carbonyl (C=O) groups is 3. The molecular weight excluding hydrogens is 686 g/mol. The van der Waals surface area contributed by atoms with Gasteiger partial charge >= 0.3 is 6.08 Å². The highest BCUT2D eigenvalue weighted by Crippen LogP contribution is 2.57. The molecular formula is C40H46FN3O7S. The van der Waals surface area contributed by atoms with Gasteiger partial charge in [-0.15, -0.1) is 0 Å². The molecule has 276 valence electrons. The maximum atomic E-state index is 14.6. The van der Waals surface area contributed by atoms with Crippen LogP contribution in [-0.2, 0) is 30.8 Å². The quantitative estimate of drug-likeness (QED) is 0.260. The summed E-state index contributed by atoms with van der Waals surface area (Å²) in [6.45, 7) is 3.52. The lowest BCUT2D eigenvalue weighted by Crippen LogP contribution is -2.47. The summed E-state index contributed by atoms with van der Waals surface area (Å²) >= 11 is 0. The standard InChI is InChI=1S/C40H46FN3O7S/c1-26-17-27(20-31(41)18-26)19-29-13-7-4-3-5-10-14-30-22-40(30,37(47)43-52(48,49)39(2)15-16-39)23-35(45)34-21-32(24-44(34)36(29)46)51-38-42-33(25-50-38)28-11-8-6-9-12-28/h6,8-12,14,17-18,20,25,29-30,32,34H,3-5,7,13,15-16,19,21-24H2,1-2H3,(H,43,47)/b14-10-/t29-,30+,32-,34+,40-/m1/s1. The molecule has 2 amide bonds. The van der Waals surface area contributed by atoms with E-state index in [2.05, 4.69) is 9.71 Å². The summed E-state index contributed by atoms with van der Waals surface area (Å²) in [5.74, 6) is -2.40. The molecule has 2 aliphatic carbocycles. The van der Waals surface area contributed by atoms with Gasteiger partial charge in [0.15, 0.2) is 5.78 Å². The lowest BCUT2D eigenvalue weighted by Gasteiger charge is -2.29. The number of sulfonamides is 1. The Hall–Kier alpha value is -4.32. The number of nitrogens with zero attached hydrogens (tertiary/aromatic N) is 2. The Labute approximate surface area is 304 Å². The second-order valence-electron chi connectivity index (χ2n) is 15.4. The third kappa shape index (κ3) is 7.58. The third-order valence-corrected chi connectivity index (χ3v) is 13.5. The second-order valence-corrected chi connectivity index (χ2v) is 17.6. The summed E-state index contributed by atoms with van der Waals surface area (Å²) in [5, 5.41) is 0. The Morgan fingerprint density at radius 1 is 1.12 bits per heavy atom. The van der Waals surface area contributed by atoms with Crippen LogP contribution in [0.5, 0.6) is 6.08 Å². The smallest absolute Gasteiger partial charge is 0.394 e. The van der Waals surface area contributed by atoms with Gasteiger partial charge < -0.3 is 14.1 Å². The number of ether oxygens (including phenoxy) is 1. The molecule has 3 heterocycles. The van der Waals surface area contributed by atoms with E-state index in [9.17, 15) is 27.2 Å². The molecule has 4 aliphatic rings. The number of hydrogen-bond acceptors (Lipinski definition) is 8. The van der Waals surface area contributed by atoms with E-state index in [1.54, 1.807) is 11.8 Å². The number of ketones is 1. The second kappa shape index (κ2) is 14.2. The summed E-state index contributed by atoms with van der Waals surface area (Å²) < 4.78 is 53.9. The molecule has 10 nitrogen and oxygen atoms in total. The van der Waals surface area contributed by atoms with Crippen molar-refractivity contribution in [3.8, 4) is 17.3 Å². The molecule has 7 rings (SSSR count). The number of benzene rings is 2. The van der Waals surface area contributed by atoms with Crippen LogP contribution in [0, 0.1) is 30.0 Å². The van der Waals surface area contributed by atoms with E-state index < -0.39 is 44.2 Å². The minimum absolute atomic E-state index is 0.0142. The Bertz CT molecular complexity index is 1950. The molecule has 2 aliphatic heterocycles. The van der Waals surface area contributed by atoms with Crippen molar-refractivity contribution in [1.82, 2.24) is 14.6 Å². The van der Waals surface area contributed by atoms with Crippen molar-refractivity contribution in [2.24, 2.45) is 17.3 Å². The maximum Gasteiger partial charge on any atom is 0.394 e. The molecule has 1 saturated heterocycles. The number of hydrogen-bond donors (Lipinski definition) is 1. The van der Waals surface area contributed by atoms with Gasteiger partial charge in [0.2, 0.25) is 21.8 Å². The van der Waals surface area contributed by atoms with Gasteiger partial charge in [0.25, 0.3) is 0 Å². The number of rotatable bonds is 8. The van der Waals surface area contributed by atoms with E-state index in [4.69, 9.17) is 9.15 Å². The lowest BCUT2D eigenvalue weighted by atomic mass is 9.89. The van der Waals surface area contributed by atoms with Gasteiger partial charge in [-0.3, -0.25) is 19.1 Å². The molecule has 2 saturated carbocycles. The number of amides is 2. The molecule has 0 spiro atoms. The van der Waals surface area contributed by atoms with E-state index in [1.807, 2.05) is 55.5 Å². The highest BCUT2D eigenvalue weighted by Gasteiger charge is 2.62. The van der Waals surface area contributed by atoms with Gasteiger partial charge in [-0.05, 0) is 88.0 Å². The molecule has 3 fully saturated rings. The number of oxazole rings is 1. The number of Topliss-reactive ketones (excluding diaryl/α,β-unsaturated/α-hetero) is 1. The molecule has 0 radical (unpaired) electrons. The Morgan fingerprint density at radius 3 is 2.65 bits per heavy atom. The molecule has 3 aromatic rings. The fraction of sp³-hybridized carbons (Fsp3) is 0.500. The molecule has 52 heavy (non-hydrogen) atoms. The van der Waals surface area contributed by atoms with Crippen molar-refractivity contribution in [3.05, 3.63) is 83.9 Å². The highest BCUT2D eigenvalue weighted by molar-refractivity contribution is 7.91. The first kappa shape index (κ1) is 36.1. The first-order valence-electron chi connectivity index (χ1n) is 18.4. The topological polar surface area (TPSA) is 136 Å². The van der Waals surface area contributed by atoms with E-state index in [0.717, 1.165) is 36.8 Å². The SMILES string of the molecule is Cc1cc(F)cc(C[C@H]2CCCCC/C=C\[C@H]3C[C@@]3(C(=O)NS(=O)(=O)C3(C)CC3)CC(=O)[C@@H]3C[C@@H](Oc4nc(-c5ccccc5)co4)CN3C2=O)c1. The first-order valence-corrected chi connectivity index (χ1v) is 19.8. The van der Waals surface area contributed by atoms with Gasteiger partial charge in [0, 0.05) is 24.3 Å². The van der Waals surface area contributed by atoms with Crippen LogP contribution in [0.2, 0.25) is 0 Å². The number of allylic oxidation sites excluding steroid dienone is 2. The largest absolute Gasteiger partial charge is 0.445 e. The zero-order valence-electron chi connectivity index (χ0n) is 29.7. The minimum Gasteiger partial charge on any atom is -0.445 e. The summed E-state index contributed by atoms with van der Waals surface area (Å²) in [5.41, 5.74) is 1.66. The highest BCUT2D eigenvalue weighted by atomic mass is 32.2. The van der Waals surface area contributed by atoms with Gasteiger partial charge in [0.1, 0.15) is 23.9 Å². The zero-order valence-corrected chi connectivity index (χ0v) is 30.5. The maximum absolute atomic E-state index is 14.6. The molecule has 0 bridgehead atoms. The van der Waals surface area contributed by atoms with E-state index in [1.165, 1.54) is 18.4 Å². The van der Waals surface area contributed by atoms with Crippen molar-refractivity contribution in [1.29, 1.82) is 0 Å². The summed E-state index contributed by atoms with van der Waals surface area (Å²) in [6.07, 6.45) is 10.2. The Kier molecular flexibility index (Phi) is 9.88. The Morgan fingerprint density at radius 2 is 1.90 bits per heavy atom. The fourth-order valence-corrected chi connectivity index (χ4v) is 9.16. The summed E-state index contributed by atoms with van der Waals surface area (Å²) in [4.78, 5) is 48.9. The predicted molar refractivity (Wildman–Crippen MR) is 192 cm³/mol. The third-order valence-electron chi connectivity index (χ3n) is 11.4. The number of aryl methyl sites for hydroxylation is 1. The van der Waals surface area contributed by atoms with Crippen molar-refractivity contribution in [3.63, 3.8) is 0 Å². The van der Waals surface area contributed by atoms with Crippen LogP contribution < -0.4 is 9.46 Å². The zero-order chi connectivity index (χ0) is 36.7. The monoisotopic (exact) mass is 731 g/mol. The van der Waals surface area contributed by atoms with Crippen LogP contribution in [0.25, 0.3) is 11.3 Å². The molecule has 5 atom stereocenters. The number of carbonyl (C=O) groups excluding carboxylic acids is 3. The van der Waals surface area contributed by atoms with Crippen molar-refractivity contribution >= 4 is 27.6 Å². The van der Waals surface area contributed by atoms with Crippen molar-refractivity contribution in [2.45, 2.75) is 101 Å². The normalized spacial score (nSPS) is 28.2. The van der Waals surface area contributed by atoms with E-state index in [0.29, 0.717) is 43.4 Å². The minimum atomic E-state index is -3.92. The molecule has 2 aromatic carbocycles. The fourth-order valence-electron chi connectivity index (χ4n) is 7.83.